The van der Waals surface area contributed by atoms with E-state index in [0.29, 0.717) is 11.3 Å². The molecule has 35 heavy (non-hydrogen) atoms. The number of carbonyl (C=O) groups excluding carboxylic acids is 3. The van der Waals surface area contributed by atoms with E-state index in [-0.39, 0.29) is 40.8 Å². The van der Waals surface area contributed by atoms with Crippen LogP contribution < -0.4 is 4.90 Å². The van der Waals surface area contributed by atoms with Gasteiger partial charge in [-0.3, -0.25) is 14.5 Å². The van der Waals surface area contributed by atoms with Gasteiger partial charge in [-0.15, -0.1) is 0 Å². The summed E-state index contributed by atoms with van der Waals surface area (Å²) in [6, 6.07) is 14.7. The summed E-state index contributed by atoms with van der Waals surface area (Å²) < 4.78 is 10.8. The van der Waals surface area contributed by atoms with Crippen LogP contribution in [0.15, 0.2) is 70.7 Å². The van der Waals surface area contributed by atoms with Crippen molar-refractivity contribution in [3.05, 3.63) is 82.6 Å². The quantitative estimate of drug-likeness (QED) is 0.384. The molecule has 0 saturated carbocycles. The molecule has 0 bridgehead atoms. The van der Waals surface area contributed by atoms with Crippen LogP contribution in [0.5, 0.6) is 0 Å². The molecule has 10 heteroatoms. The first-order valence-corrected chi connectivity index (χ1v) is 10.8. The number of halogens is 1. The fraction of sp³-hybridized carbons (Fsp3) is 0.120. The number of benzene rings is 2. The third-order valence-corrected chi connectivity index (χ3v) is 5.59. The lowest BCUT2D eigenvalue weighted by molar-refractivity contribution is -0.129. The predicted molar refractivity (Wildman–Crippen MR) is 127 cm³/mol. The molecule has 1 aromatic heterocycles. The van der Waals surface area contributed by atoms with Gasteiger partial charge in [-0.2, -0.15) is 0 Å². The van der Waals surface area contributed by atoms with Gasteiger partial charge < -0.3 is 14.3 Å². The molecule has 9 nitrogen and oxygen atoms in total. The number of nitrogens with zero attached hydrogens (tertiary/aromatic N) is 2. The maximum absolute atomic E-state index is 13.3. The van der Waals surface area contributed by atoms with Crippen molar-refractivity contribution in [1.29, 1.82) is 0 Å². The number of imide groups is 2. The van der Waals surface area contributed by atoms with Crippen LogP contribution in [0, 0.1) is 0 Å². The second-order valence-electron chi connectivity index (χ2n) is 7.47. The smallest absolute Gasteiger partial charge is 0.338 e. The number of urea groups is 1. The summed E-state index contributed by atoms with van der Waals surface area (Å²) in [4.78, 5) is 52.5. The Morgan fingerprint density at radius 3 is 2.49 bits per heavy atom. The Bertz CT molecular complexity index is 1350. The number of rotatable bonds is 7. The number of barbiturate groups is 1. The topological polar surface area (TPSA) is 117 Å². The summed E-state index contributed by atoms with van der Waals surface area (Å²) in [6.07, 6.45) is 1.24. The number of carboxylic acid groups (broad SMARTS) is 1. The molecule has 4 amide bonds. The highest BCUT2D eigenvalue weighted by Gasteiger charge is 2.42. The number of furan rings is 1. The zero-order valence-corrected chi connectivity index (χ0v) is 19.2. The van der Waals surface area contributed by atoms with Crippen LogP contribution in [0.3, 0.4) is 0 Å². The van der Waals surface area contributed by atoms with Crippen LogP contribution in [0.1, 0.15) is 16.1 Å². The van der Waals surface area contributed by atoms with Gasteiger partial charge in [-0.1, -0.05) is 29.8 Å². The van der Waals surface area contributed by atoms with Crippen LogP contribution in [-0.4, -0.2) is 54.1 Å². The maximum Gasteiger partial charge on any atom is 0.338 e. The van der Waals surface area contributed by atoms with Gasteiger partial charge in [-0.05, 0) is 48.5 Å². The van der Waals surface area contributed by atoms with E-state index in [1.807, 2.05) is 0 Å². The third-order valence-electron chi connectivity index (χ3n) is 5.26. The first kappa shape index (κ1) is 23.9. The largest absolute Gasteiger partial charge is 0.478 e. The average molecular weight is 495 g/mol. The lowest BCUT2D eigenvalue weighted by Crippen LogP contribution is -2.57. The molecule has 0 radical (unpaired) electrons. The third kappa shape index (κ3) is 4.72. The van der Waals surface area contributed by atoms with E-state index in [9.17, 15) is 24.3 Å². The van der Waals surface area contributed by atoms with Gasteiger partial charge in [-0.25, -0.2) is 14.5 Å². The number of anilines is 1. The molecular formula is C25H19ClN2O7. The molecule has 1 aliphatic rings. The lowest BCUT2D eigenvalue weighted by atomic mass is 10.1. The Morgan fingerprint density at radius 2 is 1.80 bits per heavy atom. The van der Waals surface area contributed by atoms with Crippen molar-refractivity contribution in [2.24, 2.45) is 0 Å². The molecule has 0 atom stereocenters. The number of carbonyl (C=O) groups is 4. The number of carboxylic acids is 1. The molecule has 4 rings (SSSR count). The summed E-state index contributed by atoms with van der Waals surface area (Å²) >= 11 is 6.21. The van der Waals surface area contributed by atoms with E-state index in [4.69, 9.17) is 20.8 Å². The minimum Gasteiger partial charge on any atom is -0.478 e. The standard InChI is InChI=1S/C25H19ClN2O7/c1-34-12-11-27-22(29)19(23(30)28(25(27)33)16-5-3-2-4-6-16)14-17-8-10-21(35-17)18-13-15(24(31)32)7-9-20(18)26/h2-10,13-14H,11-12H2,1H3,(H,31,32)/b19-14-. The number of amides is 4. The first-order chi connectivity index (χ1) is 16.8. The Kier molecular flexibility index (Phi) is 6.81. The zero-order chi connectivity index (χ0) is 25.1. The molecule has 0 spiro atoms. The van der Waals surface area contributed by atoms with Crippen molar-refractivity contribution in [2.75, 3.05) is 25.2 Å². The number of methoxy groups -OCH3 is 1. The molecule has 1 aliphatic heterocycles. The molecule has 2 aromatic carbocycles. The van der Waals surface area contributed by atoms with E-state index in [1.54, 1.807) is 36.4 Å². The van der Waals surface area contributed by atoms with Crippen molar-refractivity contribution in [3.63, 3.8) is 0 Å². The Hall–Kier alpha value is -4.21. The van der Waals surface area contributed by atoms with Crippen LogP contribution >= 0.6 is 11.6 Å². The Labute approximate surface area is 204 Å². The van der Waals surface area contributed by atoms with Gasteiger partial charge in [0.05, 0.1) is 29.4 Å². The fourth-order valence-electron chi connectivity index (χ4n) is 3.52. The second-order valence-corrected chi connectivity index (χ2v) is 7.88. The minimum absolute atomic E-state index is 0.0177. The number of hydrogen-bond acceptors (Lipinski definition) is 6. The zero-order valence-electron chi connectivity index (χ0n) is 18.4. The predicted octanol–water partition coefficient (Wildman–Crippen LogP) is 4.32. The molecule has 3 aromatic rings. The van der Waals surface area contributed by atoms with Gasteiger partial charge in [0.15, 0.2) is 0 Å². The minimum atomic E-state index is -1.13. The number of ether oxygens (including phenoxy) is 1. The van der Waals surface area contributed by atoms with Crippen molar-refractivity contribution < 1.29 is 33.4 Å². The second kappa shape index (κ2) is 9.96. The van der Waals surface area contributed by atoms with E-state index in [0.717, 1.165) is 9.80 Å². The molecule has 1 fully saturated rings. The average Bonchev–Trinajstić information content (AvgIpc) is 3.31. The molecule has 1 N–H and O–H groups in total. The summed E-state index contributed by atoms with van der Waals surface area (Å²) in [5, 5.41) is 9.51. The van der Waals surface area contributed by atoms with Crippen molar-refractivity contribution in [3.8, 4) is 11.3 Å². The Balaban J connectivity index is 1.74. The van der Waals surface area contributed by atoms with E-state index in [2.05, 4.69) is 0 Å². The summed E-state index contributed by atoms with van der Waals surface area (Å²) in [5.41, 5.74) is 0.376. The van der Waals surface area contributed by atoms with Crippen LogP contribution in [0.4, 0.5) is 10.5 Å². The van der Waals surface area contributed by atoms with Gasteiger partial charge in [0.25, 0.3) is 11.8 Å². The van der Waals surface area contributed by atoms with Crippen molar-refractivity contribution in [2.45, 2.75) is 0 Å². The molecule has 0 aliphatic carbocycles. The highest BCUT2D eigenvalue weighted by molar-refractivity contribution is 6.39. The van der Waals surface area contributed by atoms with Crippen molar-refractivity contribution in [1.82, 2.24) is 4.90 Å². The summed E-state index contributed by atoms with van der Waals surface area (Å²) in [6.45, 7) is 0.0357. The highest BCUT2D eigenvalue weighted by atomic mass is 35.5. The summed E-state index contributed by atoms with van der Waals surface area (Å²) in [5.74, 6) is -2.33. The number of para-hydroxylation sites is 1. The summed E-state index contributed by atoms with van der Waals surface area (Å²) in [7, 11) is 1.44. The monoisotopic (exact) mass is 494 g/mol. The van der Waals surface area contributed by atoms with E-state index >= 15 is 0 Å². The van der Waals surface area contributed by atoms with Gasteiger partial charge in [0.2, 0.25) is 0 Å². The first-order valence-electron chi connectivity index (χ1n) is 10.4. The normalized spacial score (nSPS) is 15.3. The number of hydrogen-bond donors (Lipinski definition) is 1. The molecule has 178 valence electrons. The fourth-order valence-corrected chi connectivity index (χ4v) is 3.74. The van der Waals surface area contributed by atoms with Gasteiger partial charge in [0.1, 0.15) is 17.1 Å². The maximum atomic E-state index is 13.3. The van der Waals surface area contributed by atoms with Crippen LogP contribution in [-0.2, 0) is 14.3 Å². The van der Waals surface area contributed by atoms with E-state index in [1.165, 1.54) is 37.5 Å². The number of aromatic carboxylic acids is 1. The van der Waals surface area contributed by atoms with Gasteiger partial charge >= 0.3 is 12.0 Å². The SMILES string of the molecule is COCCN1C(=O)/C(=C/c2ccc(-c3cc(C(=O)O)ccc3Cl)o2)C(=O)N(c2ccccc2)C1=O. The Morgan fingerprint density at radius 1 is 1.06 bits per heavy atom. The van der Waals surface area contributed by atoms with E-state index < -0.39 is 23.8 Å². The molecule has 0 unspecified atom stereocenters. The molecule has 1 saturated heterocycles. The van der Waals surface area contributed by atoms with Crippen molar-refractivity contribution >= 4 is 47.2 Å². The molecule has 2 heterocycles. The van der Waals surface area contributed by atoms with Crippen LogP contribution in [0.25, 0.3) is 17.4 Å². The lowest BCUT2D eigenvalue weighted by Gasteiger charge is -2.33. The van der Waals surface area contributed by atoms with Crippen LogP contribution in [0.2, 0.25) is 5.02 Å². The van der Waals surface area contributed by atoms with Gasteiger partial charge in [0, 0.05) is 12.7 Å². The highest BCUT2D eigenvalue weighted by Crippen LogP contribution is 2.32. The molecular weight excluding hydrogens is 476 g/mol.